The topological polar surface area (TPSA) is 96.5 Å². The number of hydrogen-bond donors (Lipinski definition) is 3. The maximum Gasteiger partial charge on any atom is 0.416 e. The molecular formula is C23H20F3N3O4. The Balaban J connectivity index is 1.39. The third-order valence-electron chi connectivity index (χ3n) is 4.55. The van der Waals surface area contributed by atoms with E-state index in [0.29, 0.717) is 0 Å². The maximum atomic E-state index is 12.7. The zero-order chi connectivity index (χ0) is 23.8. The number of ether oxygens (including phenoxy) is 1. The van der Waals surface area contributed by atoms with Crippen molar-refractivity contribution in [3.8, 4) is 5.75 Å². The van der Waals surface area contributed by atoms with Crippen LogP contribution in [0.15, 0.2) is 66.7 Å². The van der Waals surface area contributed by atoms with Gasteiger partial charge in [0.05, 0.1) is 18.5 Å². The van der Waals surface area contributed by atoms with Gasteiger partial charge in [-0.1, -0.05) is 48.5 Å². The van der Waals surface area contributed by atoms with Crippen LogP contribution in [0.4, 0.5) is 13.2 Å². The summed E-state index contributed by atoms with van der Waals surface area (Å²) < 4.78 is 43.1. The second-order valence-electron chi connectivity index (χ2n) is 7.00. The molecule has 0 unspecified atom stereocenters. The van der Waals surface area contributed by atoms with Crippen LogP contribution in [0.25, 0.3) is 10.8 Å². The van der Waals surface area contributed by atoms with Gasteiger partial charge in [0.25, 0.3) is 11.8 Å². The summed E-state index contributed by atoms with van der Waals surface area (Å²) in [5.74, 6) is -2.00. The van der Waals surface area contributed by atoms with E-state index < -0.39 is 30.2 Å². The standard InChI is InChI=1S/C23H20F3N3O4/c24-23(25,26)17-8-4-9-18(12-17)33-14-22(32)29-28-21(31)13-27-20(30)11-16-7-3-6-15-5-1-2-10-19(15)16/h1-10,12H,11,13-14H2,(H,27,30)(H,28,31)(H,29,32). The molecule has 0 aliphatic heterocycles. The zero-order valence-electron chi connectivity index (χ0n) is 17.2. The first-order valence-electron chi connectivity index (χ1n) is 9.83. The van der Waals surface area contributed by atoms with Crippen LogP contribution in [0.1, 0.15) is 11.1 Å². The number of halogens is 3. The second kappa shape index (κ2) is 10.5. The van der Waals surface area contributed by atoms with E-state index in [9.17, 15) is 27.6 Å². The fourth-order valence-electron chi connectivity index (χ4n) is 2.99. The Bertz CT molecular complexity index is 1160. The number of fused-ring (bicyclic) bond motifs is 1. The van der Waals surface area contributed by atoms with Crippen molar-refractivity contribution in [2.75, 3.05) is 13.2 Å². The zero-order valence-corrected chi connectivity index (χ0v) is 17.2. The fourth-order valence-corrected chi connectivity index (χ4v) is 2.99. The molecule has 0 fully saturated rings. The normalized spacial score (nSPS) is 11.0. The number of hydrogen-bond acceptors (Lipinski definition) is 4. The van der Waals surface area contributed by atoms with Crippen molar-refractivity contribution >= 4 is 28.5 Å². The molecule has 3 aromatic carbocycles. The number of amides is 3. The molecule has 33 heavy (non-hydrogen) atoms. The van der Waals surface area contributed by atoms with Gasteiger partial charge in [0.15, 0.2) is 6.61 Å². The van der Waals surface area contributed by atoms with E-state index in [-0.39, 0.29) is 24.6 Å². The monoisotopic (exact) mass is 459 g/mol. The van der Waals surface area contributed by atoms with E-state index in [4.69, 9.17) is 4.74 Å². The first kappa shape index (κ1) is 23.6. The van der Waals surface area contributed by atoms with Crippen molar-refractivity contribution < 1.29 is 32.3 Å². The molecule has 0 radical (unpaired) electrons. The van der Waals surface area contributed by atoms with E-state index in [0.717, 1.165) is 34.5 Å². The van der Waals surface area contributed by atoms with Crippen molar-refractivity contribution in [1.29, 1.82) is 0 Å². The summed E-state index contributed by atoms with van der Waals surface area (Å²) in [6.07, 6.45) is -4.46. The summed E-state index contributed by atoms with van der Waals surface area (Å²) in [6, 6.07) is 17.3. The summed E-state index contributed by atoms with van der Waals surface area (Å²) in [5.41, 5.74) is 4.05. The van der Waals surface area contributed by atoms with Gasteiger partial charge in [0.1, 0.15) is 5.75 Å². The van der Waals surface area contributed by atoms with E-state index in [1.165, 1.54) is 6.07 Å². The lowest BCUT2D eigenvalue weighted by molar-refractivity contribution is -0.137. The Kier molecular flexibility index (Phi) is 7.50. The Labute approximate surface area is 186 Å². The van der Waals surface area contributed by atoms with Crippen LogP contribution in [-0.4, -0.2) is 30.9 Å². The minimum Gasteiger partial charge on any atom is -0.484 e. The number of benzene rings is 3. The van der Waals surface area contributed by atoms with E-state index in [2.05, 4.69) is 16.2 Å². The molecule has 0 atom stereocenters. The smallest absolute Gasteiger partial charge is 0.416 e. The van der Waals surface area contributed by atoms with Crippen LogP contribution >= 0.6 is 0 Å². The summed E-state index contributed by atoms with van der Waals surface area (Å²) >= 11 is 0. The Morgan fingerprint density at radius 2 is 1.52 bits per heavy atom. The average Bonchev–Trinajstić information content (AvgIpc) is 2.80. The Morgan fingerprint density at radius 3 is 2.30 bits per heavy atom. The van der Waals surface area contributed by atoms with Gasteiger partial charge in [-0.3, -0.25) is 25.2 Å². The molecule has 0 spiro atoms. The van der Waals surface area contributed by atoms with Crippen LogP contribution in [0.5, 0.6) is 5.75 Å². The molecule has 3 amide bonds. The van der Waals surface area contributed by atoms with Crippen molar-refractivity contribution in [3.05, 3.63) is 77.9 Å². The highest BCUT2D eigenvalue weighted by Crippen LogP contribution is 2.31. The molecule has 0 aromatic heterocycles. The predicted octanol–water partition coefficient (Wildman–Crippen LogP) is 2.74. The first-order chi connectivity index (χ1) is 15.7. The van der Waals surface area contributed by atoms with E-state index in [1.807, 2.05) is 42.5 Å². The van der Waals surface area contributed by atoms with Gasteiger partial charge >= 0.3 is 6.18 Å². The largest absolute Gasteiger partial charge is 0.484 e. The Hall–Kier alpha value is -4.08. The lowest BCUT2D eigenvalue weighted by atomic mass is 10.0. The highest BCUT2D eigenvalue weighted by molar-refractivity contribution is 5.92. The lowest BCUT2D eigenvalue weighted by Crippen LogP contribution is -2.47. The number of rotatable bonds is 7. The van der Waals surface area contributed by atoms with Crippen molar-refractivity contribution in [1.82, 2.24) is 16.2 Å². The number of carbonyl (C=O) groups is 3. The fraction of sp³-hybridized carbons (Fsp3) is 0.174. The minimum atomic E-state index is -4.53. The molecule has 0 aliphatic carbocycles. The van der Waals surface area contributed by atoms with Gasteiger partial charge in [-0.2, -0.15) is 13.2 Å². The molecule has 0 aliphatic rings. The van der Waals surface area contributed by atoms with Crippen molar-refractivity contribution in [3.63, 3.8) is 0 Å². The molecule has 10 heteroatoms. The molecule has 0 bridgehead atoms. The maximum absolute atomic E-state index is 12.7. The molecule has 7 nitrogen and oxygen atoms in total. The van der Waals surface area contributed by atoms with Crippen LogP contribution in [-0.2, 0) is 27.0 Å². The van der Waals surface area contributed by atoms with Gasteiger partial charge < -0.3 is 10.1 Å². The molecule has 172 valence electrons. The second-order valence-corrected chi connectivity index (χ2v) is 7.00. The molecule has 0 saturated heterocycles. The van der Waals surface area contributed by atoms with Crippen LogP contribution < -0.4 is 20.9 Å². The molecule has 3 rings (SSSR count). The van der Waals surface area contributed by atoms with E-state index in [1.54, 1.807) is 0 Å². The van der Waals surface area contributed by atoms with Gasteiger partial charge in [-0.15, -0.1) is 0 Å². The number of hydrazine groups is 1. The quantitative estimate of drug-likeness (QED) is 0.474. The number of nitrogens with one attached hydrogen (secondary N) is 3. The van der Waals surface area contributed by atoms with Crippen molar-refractivity contribution in [2.45, 2.75) is 12.6 Å². The summed E-state index contributed by atoms with van der Waals surface area (Å²) in [4.78, 5) is 35.8. The molecule has 3 N–H and O–H groups in total. The molecule has 0 saturated carbocycles. The van der Waals surface area contributed by atoms with Crippen LogP contribution in [0.3, 0.4) is 0 Å². The number of alkyl halides is 3. The van der Waals surface area contributed by atoms with Crippen LogP contribution in [0, 0.1) is 0 Å². The van der Waals surface area contributed by atoms with E-state index >= 15 is 0 Å². The number of carbonyl (C=O) groups excluding carboxylic acids is 3. The minimum absolute atomic E-state index is 0.0752. The highest BCUT2D eigenvalue weighted by atomic mass is 19.4. The highest BCUT2D eigenvalue weighted by Gasteiger charge is 2.30. The van der Waals surface area contributed by atoms with Gasteiger partial charge in [0, 0.05) is 0 Å². The molecule has 3 aromatic rings. The summed E-state index contributed by atoms with van der Waals surface area (Å²) in [6.45, 7) is -0.993. The third kappa shape index (κ3) is 6.96. The Morgan fingerprint density at radius 1 is 0.818 bits per heavy atom. The predicted molar refractivity (Wildman–Crippen MR) is 114 cm³/mol. The van der Waals surface area contributed by atoms with Gasteiger partial charge in [0.2, 0.25) is 5.91 Å². The molecular weight excluding hydrogens is 439 g/mol. The summed E-state index contributed by atoms with van der Waals surface area (Å²) in [5, 5.41) is 4.39. The van der Waals surface area contributed by atoms with Crippen LogP contribution in [0.2, 0.25) is 0 Å². The lowest BCUT2D eigenvalue weighted by Gasteiger charge is -2.11. The van der Waals surface area contributed by atoms with Gasteiger partial charge in [-0.05, 0) is 34.5 Å². The van der Waals surface area contributed by atoms with Crippen molar-refractivity contribution in [2.24, 2.45) is 0 Å². The summed E-state index contributed by atoms with van der Waals surface area (Å²) in [7, 11) is 0. The average molecular weight is 459 g/mol. The third-order valence-corrected chi connectivity index (χ3v) is 4.55. The first-order valence-corrected chi connectivity index (χ1v) is 9.83. The van der Waals surface area contributed by atoms with Gasteiger partial charge in [-0.25, -0.2) is 0 Å². The molecule has 0 heterocycles. The SMILES string of the molecule is O=C(Cc1cccc2ccccc12)NCC(=O)NNC(=O)COc1cccc(C(F)(F)F)c1.